The quantitative estimate of drug-likeness (QED) is 0.611. The van der Waals surface area contributed by atoms with Gasteiger partial charge in [-0.3, -0.25) is 4.98 Å². The largest absolute Gasteiger partial charge is 0.264 e. The summed E-state index contributed by atoms with van der Waals surface area (Å²) in [6, 6.07) is 3.06. The molecule has 0 amide bonds. The summed E-state index contributed by atoms with van der Waals surface area (Å²) in [5.74, 6) is 2.02. The Morgan fingerprint density at radius 2 is 1.94 bits per heavy atom. The first-order valence-electron chi connectivity index (χ1n) is 5.23. The lowest BCUT2D eigenvalue weighted by molar-refractivity contribution is 0.626. The molecule has 1 nitrogen and oxygen atoms in total. The van der Waals surface area contributed by atoms with Gasteiger partial charge in [-0.05, 0) is 24.6 Å². The van der Waals surface area contributed by atoms with E-state index in [1.54, 1.807) is 18.5 Å². The number of nitrogens with zero attached hydrogens (tertiary/aromatic N) is 1. The van der Waals surface area contributed by atoms with Crippen molar-refractivity contribution in [2.24, 2.45) is 0 Å². The summed E-state index contributed by atoms with van der Waals surface area (Å²) < 4.78 is 13.3. The molecule has 1 aromatic heterocycles. The van der Waals surface area contributed by atoms with E-state index in [1.807, 2.05) is 20.8 Å². The van der Waals surface area contributed by atoms with E-state index in [0.29, 0.717) is 5.56 Å². The smallest absolute Gasteiger partial charge is 0.139 e. The van der Waals surface area contributed by atoms with Gasteiger partial charge in [-0.15, -0.1) is 6.42 Å². The second-order valence-corrected chi connectivity index (χ2v) is 3.12. The van der Waals surface area contributed by atoms with E-state index < -0.39 is 0 Å². The molecular weight excluding hydrogens is 201 g/mol. The van der Waals surface area contributed by atoms with Crippen LogP contribution in [0.25, 0.3) is 10.8 Å². The molecule has 0 spiro atoms. The predicted octanol–water partition coefficient (Wildman–Crippen LogP) is 3.69. The Labute approximate surface area is 95.3 Å². The van der Waals surface area contributed by atoms with Crippen LogP contribution in [0.1, 0.15) is 25.0 Å². The van der Waals surface area contributed by atoms with E-state index in [4.69, 9.17) is 6.42 Å². The standard InChI is InChI=1S/C12H8FN.C2H6/c1-3-10-11(13)5-4-9-7-14-6-8(2)12(9)10;1-2/h1,4-7H,2H3;1-2H3. The number of terminal acetylenes is 1. The Morgan fingerprint density at radius 1 is 1.25 bits per heavy atom. The molecule has 2 heteroatoms. The summed E-state index contributed by atoms with van der Waals surface area (Å²) in [4.78, 5) is 4.03. The number of pyridine rings is 1. The fourth-order valence-electron chi connectivity index (χ4n) is 1.56. The number of aromatic nitrogens is 1. The van der Waals surface area contributed by atoms with Gasteiger partial charge in [0.25, 0.3) is 0 Å². The molecule has 0 radical (unpaired) electrons. The summed E-state index contributed by atoms with van der Waals surface area (Å²) in [7, 11) is 0. The number of rotatable bonds is 0. The van der Waals surface area contributed by atoms with Gasteiger partial charge in [-0.2, -0.15) is 0 Å². The molecule has 0 N–H and O–H groups in total. The highest BCUT2D eigenvalue weighted by molar-refractivity contribution is 5.90. The summed E-state index contributed by atoms with van der Waals surface area (Å²) >= 11 is 0. The van der Waals surface area contributed by atoms with E-state index in [9.17, 15) is 4.39 Å². The Kier molecular flexibility index (Phi) is 4.02. The lowest BCUT2D eigenvalue weighted by Gasteiger charge is -2.04. The Balaban J connectivity index is 0.000000606. The van der Waals surface area contributed by atoms with Crippen molar-refractivity contribution in [2.45, 2.75) is 20.8 Å². The minimum atomic E-state index is -0.352. The number of aryl methyl sites for hydroxylation is 1. The minimum absolute atomic E-state index is 0.322. The van der Waals surface area contributed by atoms with E-state index in [2.05, 4.69) is 10.9 Å². The molecule has 2 aromatic rings. The molecule has 0 atom stereocenters. The molecule has 0 aliphatic rings. The normalized spacial score (nSPS) is 9.19. The van der Waals surface area contributed by atoms with Crippen molar-refractivity contribution in [1.82, 2.24) is 4.98 Å². The molecule has 1 aromatic carbocycles. The van der Waals surface area contributed by atoms with Gasteiger partial charge in [0.1, 0.15) is 5.82 Å². The lowest BCUT2D eigenvalue weighted by Crippen LogP contribution is -1.90. The van der Waals surface area contributed by atoms with Crippen molar-refractivity contribution in [3.8, 4) is 12.3 Å². The molecule has 0 unspecified atom stereocenters. The van der Waals surface area contributed by atoms with Crippen LogP contribution in [0, 0.1) is 25.1 Å². The number of benzene rings is 1. The molecule has 1 heterocycles. The fraction of sp³-hybridized carbons (Fsp3) is 0.214. The molecular formula is C14H14FN. The Morgan fingerprint density at radius 3 is 2.56 bits per heavy atom. The van der Waals surface area contributed by atoms with Crippen molar-refractivity contribution < 1.29 is 4.39 Å². The summed E-state index contributed by atoms with van der Waals surface area (Å²) in [6.45, 7) is 5.87. The van der Waals surface area contributed by atoms with Crippen LogP contribution in [0.4, 0.5) is 4.39 Å². The van der Waals surface area contributed by atoms with Crippen molar-refractivity contribution in [1.29, 1.82) is 0 Å². The fourth-order valence-corrected chi connectivity index (χ4v) is 1.56. The third-order valence-corrected chi connectivity index (χ3v) is 2.21. The molecule has 82 valence electrons. The molecule has 0 bridgehead atoms. The zero-order valence-corrected chi connectivity index (χ0v) is 9.71. The van der Waals surface area contributed by atoms with Crippen LogP contribution in [-0.2, 0) is 0 Å². The van der Waals surface area contributed by atoms with E-state index in [0.717, 1.165) is 16.3 Å². The maximum atomic E-state index is 13.3. The van der Waals surface area contributed by atoms with Crippen LogP contribution in [-0.4, -0.2) is 4.98 Å². The molecule has 0 saturated carbocycles. The van der Waals surface area contributed by atoms with Crippen LogP contribution in [0.3, 0.4) is 0 Å². The zero-order chi connectivity index (χ0) is 12.1. The Hall–Kier alpha value is -1.88. The average Bonchev–Trinajstić information content (AvgIpc) is 2.33. The van der Waals surface area contributed by atoms with Gasteiger partial charge in [-0.25, -0.2) is 4.39 Å². The monoisotopic (exact) mass is 215 g/mol. The van der Waals surface area contributed by atoms with Gasteiger partial charge in [0.15, 0.2) is 0 Å². The average molecular weight is 215 g/mol. The van der Waals surface area contributed by atoms with Crippen molar-refractivity contribution in [3.63, 3.8) is 0 Å². The van der Waals surface area contributed by atoms with E-state index >= 15 is 0 Å². The van der Waals surface area contributed by atoms with Crippen molar-refractivity contribution in [2.75, 3.05) is 0 Å². The van der Waals surface area contributed by atoms with Crippen molar-refractivity contribution in [3.05, 3.63) is 41.5 Å². The molecule has 0 aliphatic carbocycles. The molecule has 16 heavy (non-hydrogen) atoms. The molecule has 0 aliphatic heterocycles. The highest BCUT2D eigenvalue weighted by atomic mass is 19.1. The van der Waals surface area contributed by atoms with Crippen LogP contribution in [0.2, 0.25) is 0 Å². The van der Waals surface area contributed by atoms with Crippen LogP contribution < -0.4 is 0 Å². The molecule has 0 saturated heterocycles. The highest BCUT2D eigenvalue weighted by Crippen LogP contribution is 2.23. The third kappa shape index (κ3) is 2.04. The second kappa shape index (κ2) is 5.27. The molecule has 0 fully saturated rings. The summed E-state index contributed by atoms with van der Waals surface area (Å²) in [6.07, 6.45) is 8.64. The number of hydrogen-bond donors (Lipinski definition) is 0. The third-order valence-electron chi connectivity index (χ3n) is 2.21. The summed E-state index contributed by atoms with van der Waals surface area (Å²) in [5, 5.41) is 1.65. The van der Waals surface area contributed by atoms with Crippen LogP contribution in [0.15, 0.2) is 24.5 Å². The van der Waals surface area contributed by atoms with Gasteiger partial charge in [0, 0.05) is 23.2 Å². The first-order chi connectivity index (χ1) is 7.74. The van der Waals surface area contributed by atoms with E-state index in [-0.39, 0.29) is 5.82 Å². The maximum Gasteiger partial charge on any atom is 0.139 e. The first kappa shape index (κ1) is 12.2. The Bertz CT molecular complexity index is 538. The molecule has 2 rings (SSSR count). The SMILES string of the molecule is C#Cc1c(F)ccc2cncc(C)c12.CC. The number of halogens is 1. The van der Waals surface area contributed by atoms with Gasteiger partial charge in [-0.1, -0.05) is 19.8 Å². The lowest BCUT2D eigenvalue weighted by atomic mass is 10.0. The van der Waals surface area contributed by atoms with Crippen molar-refractivity contribution >= 4 is 10.8 Å². The van der Waals surface area contributed by atoms with Crippen LogP contribution >= 0.6 is 0 Å². The van der Waals surface area contributed by atoms with Crippen LogP contribution in [0.5, 0.6) is 0 Å². The zero-order valence-electron chi connectivity index (χ0n) is 9.71. The first-order valence-corrected chi connectivity index (χ1v) is 5.23. The van der Waals surface area contributed by atoms with Gasteiger partial charge in [0.2, 0.25) is 0 Å². The van der Waals surface area contributed by atoms with Gasteiger partial charge >= 0.3 is 0 Å². The van der Waals surface area contributed by atoms with Gasteiger partial charge < -0.3 is 0 Å². The van der Waals surface area contributed by atoms with E-state index in [1.165, 1.54) is 6.07 Å². The number of fused-ring (bicyclic) bond motifs is 1. The topological polar surface area (TPSA) is 12.9 Å². The predicted molar refractivity (Wildman–Crippen MR) is 65.7 cm³/mol. The minimum Gasteiger partial charge on any atom is -0.264 e. The van der Waals surface area contributed by atoms with Gasteiger partial charge in [0.05, 0.1) is 5.56 Å². The summed E-state index contributed by atoms with van der Waals surface area (Å²) in [5.41, 5.74) is 1.22. The maximum absolute atomic E-state index is 13.3. The number of hydrogen-bond acceptors (Lipinski definition) is 1. The highest BCUT2D eigenvalue weighted by Gasteiger charge is 2.07. The second-order valence-electron chi connectivity index (χ2n) is 3.12.